The summed E-state index contributed by atoms with van der Waals surface area (Å²) in [6, 6.07) is 3.50. The second-order valence-electron chi connectivity index (χ2n) is 7.73. The lowest BCUT2D eigenvalue weighted by molar-refractivity contribution is -0.135. The molecule has 0 bridgehead atoms. The molecule has 1 unspecified atom stereocenters. The smallest absolute Gasteiger partial charge is 0.252 e. The van der Waals surface area contributed by atoms with Gasteiger partial charge in [-0.25, -0.2) is 8.42 Å². The Hall–Kier alpha value is -1.00. The molecule has 7 nitrogen and oxygen atoms in total. The fraction of sp³-hybridized carbons (Fsp3) is 0.722. The van der Waals surface area contributed by atoms with Crippen LogP contribution in [0.1, 0.15) is 17.7 Å². The van der Waals surface area contributed by atoms with Crippen molar-refractivity contribution >= 4 is 27.3 Å². The van der Waals surface area contributed by atoms with E-state index in [2.05, 4.69) is 4.90 Å². The quantitative estimate of drug-likeness (QED) is 0.720. The zero-order valence-electron chi connectivity index (χ0n) is 15.7. The van der Waals surface area contributed by atoms with Crippen LogP contribution in [0, 0.1) is 12.3 Å². The number of sulfonamides is 1. The zero-order chi connectivity index (χ0) is 19.1. The van der Waals surface area contributed by atoms with E-state index in [-0.39, 0.29) is 5.91 Å². The van der Waals surface area contributed by atoms with E-state index in [0.717, 1.165) is 57.2 Å². The number of thiophene rings is 1. The van der Waals surface area contributed by atoms with Gasteiger partial charge in [-0.15, -0.1) is 11.3 Å². The number of amides is 1. The maximum Gasteiger partial charge on any atom is 0.252 e. The number of hydrogen-bond donors (Lipinski definition) is 0. The van der Waals surface area contributed by atoms with E-state index in [0.29, 0.717) is 23.7 Å². The molecule has 0 N–H and O–H groups in total. The van der Waals surface area contributed by atoms with Crippen molar-refractivity contribution in [1.82, 2.24) is 14.1 Å². The Kier molecular flexibility index (Phi) is 5.32. The average Bonchev–Trinajstić information content (AvgIpc) is 3.37. The predicted octanol–water partition coefficient (Wildman–Crippen LogP) is 1.00. The van der Waals surface area contributed by atoms with Gasteiger partial charge in [0, 0.05) is 50.7 Å². The van der Waals surface area contributed by atoms with Gasteiger partial charge in [-0.2, -0.15) is 4.31 Å². The second kappa shape index (κ2) is 7.44. The van der Waals surface area contributed by atoms with E-state index in [1.165, 1.54) is 15.6 Å². The second-order valence-corrected chi connectivity index (χ2v) is 11.2. The van der Waals surface area contributed by atoms with Gasteiger partial charge in [-0.3, -0.25) is 9.69 Å². The van der Waals surface area contributed by atoms with Crippen LogP contribution in [0.4, 0.5) is 0 Å². The third kappa shape index (κ3) is 3.67. The summed E-state index contributed by atoms with van der Waals surface area (Å²) >= 11 is 1.30. The molecule has 27 heavy (non-hydrogen) atoms. The lowest BCUT2D eigenvalue weighted by Gasteiger charge is -2.29. The highest BCUT2D eigenvalue weighted by Crippen LogP contribution is 2.42. The standard InChI is InChI=1S/C18H27N3O4S2/c1-15-2-3-16(26-15)27(23,24)21-7-5-18(14-21)4-6-20(17(18)22)9-8-19-10-12-25-13-11-19/h2-3H,4-14H2,1H3. The Bertz CT molecular complexity index is 803. The van der Waals surface area contributed by atoms with Crippen molar-refractivity contribution in [1.29, 1.82) is 0 Å². The monoisotopic (exact) mass is 413 g/mol. The molecular formula is C18H27N3O4S2. The van der Waals surface area contributed by atoms with Crippen LogP contribution in [-0.2, 0) is 19.6 Å². The highest BCUT2D eigenvalue weighted by atomic mass is 32.2. The minimum atomic E-state index is -3.49. The average molecular weight is 414 g/mol. The van der Waals surface area contributed by atoms with Gasteiger partial charge in [0.2, 0.25) is 5.91 Å². The summed E-state index contributed by atoms with van der Waals surface area (Å²) in [6.45, 7) is 8.32. The molecule has 1 aromatic rings. The fourth-order valence-corrected chi connectivity index (χ4v) is 7.25. The summed E-state index contributed by atoms with van der Waals surface area (Å²) in [7, 11) is -3.49. The van der Waals surface area contributed by atoms with Crippen LogP contribution in [0.5, 0.6) is 0 Å². The first-order valence-electron chi connectivity index (χ1n) is 9.57. The van der Waals surface area contributed by atoms with E-state index < -0.39 is 15.4 Å². The summed E-state index contributed by atoms with van der Waals surface area (Å²) in [5.41, 5.74) is -0.523. The maximum absolute atomic E-state index is 13.1. The summed E-state index contributed by atoms with van der Waals surface area (Å²) in [5, 5.41) is 0. The van der Waals surface area contributed by atoms with Gasteiger partial charge in [0.15, 0.2) is 0 Å². The van der Waals surface area contributed by atoms with E-state index >= 15 is 0 Å². The molecule has 3 aliphatic rings. The van der Waals surface area contributed by atoms with Crippen LogP contribution < -0.4 is 0 Å². The van der Waals surface area contributed by atoms with Crippen molar-refractivity contribution in [2.24, 2.45) is 5.41 Å². The number of morpholine rings is 1. The number of aryl methyl sites for hydroxylation is 1. The molecular weight excluding hydrogens is 386 g/mol. The number of hydrogen-bond acceptors (Lipinski definition) is 6. The molecule has 1 atom stereocenters. The van der Waals surface area contributed by atoms with Crippen LogP contribution in [0.25, 0.3) is 0 Å². The van der Waals surface area contributed by atoms with Gasteiger partial charge >= 0.3 is 0 Å². The topological polar surface area (TPSA) is 70.2 Å². The van der Waals surface area contributed by atoms with Crippen LogP contribution in [-0.4, -0.2) is 87.5 Å². The van der Waals surface area contributed by atoms with Crippen LogP contribution in [0.15, 0.2) is 16.3 Å². The van der Waals surface area contributed by atoms with Gasteiger partial charge in [0.1, 0.15) is 4.21 Å². The SMILES string of the molecule is Cc1ccc(S(=O)(=O)N2CCC3(CCN(CCN4CCOCC4)C3=O)C2)s1. The molecule has 1 amide bonds. The van der Waals surface area contributed by atoms with E-state index in [9.17, 15) is 13.2 Å². The molecule has 9 heteroatoms. The Morgan fingerprint density at radius 3 is 2.56 bits per heavy atom. The lowest BCUT2D eigenvalue weighted by Crippen LogP contribution is -2.43. The molecule has 4 heterocycles. The third-order valence-corrected chi connectivity index (χ3v) is 9.33. The lowest BCUT2D eigenvalue weighted by atomic mass is 9.86. The first-order chi connectivity index (χ1) is 12.9. The van der Waals surface area contributed by atoms with Gasteiger partial charge in [0.25, 0.3) is 10.0 Å². The highest BCUT2D eigenvalue weighted by molar-refractivity contribution is 7.91. The Balaban J connectivity index is 1.39. The van der Waals surface area contributed by atoms with Gasteiger partial charge in [-0.1, -0.05) is 0 Å². The Morgan fingerprint density at radius 2 is 1.85 bits per heavy atom. The molecule has 3 saturated heterocycles. The molecule has 0 aliphatic carbocycles. The maximum atomic E-state index is 13.1. The summed E-state index contributed by atoms with van der Waals surface area (Å²) in [4.78, 5) is 18.3. The summed E-state index contributed by atoms with van der Waals surface area (Å²) in [5.74, 6) is 0.135. The number of nitrogens with zero attached hydrogens (tertiary/aromatic N) is 3. The highest BCUT2D eigenvalue weighted by Gasteiger charge is 2.53. The van der Waals surface area contributed by atoms with Crippen molar-refractivity contribution in [3.63, 3.8) is 0 Å². The molecule has 0 aromatic carbocycles. The molecule has 1 aromatic heterocycles. The number of rotatable bonds is 5. The molecule has 0 saturated carbocycles. The van der Waals surface area contributed by atoms with E-state index in [1.807, 2.05) is 17.9 Å². The minimum Gasteiger partial charge on any atom is -0.379 e. The normalized spacial score (nSPS) is 27.9. The van der Waals surface area contributed by atoms with Gasteiger partial charge in [0.05, 0.1) is 18.6 Å². The molecule has 4 rings (SSSR count). The minimum absolute atomic E-state index is 0.135. The first-order valence-corrected chi connectivity index (χ1v) is 11.8. The van der Waals surface area contributed by atoms with Gasteiger partial charge in [-0.05, 0) is 31.9 Å². The Labute approximate surface area is 164 Å². The summed E-state index contributed by atoms with van der Waals surface area (Å²) < 4.78 is 33.1. The largest absolute Gasteiger partial charge is 0.379 e. The van der Waals surface area contributed by atoms with Crippen LogP contribution in [0.2, 0.25) is 0 Å². The van der Waals surface area contributed by atoms with Crippen molar-refractivity contribution in [2.75, 3.05) is 59.0 Å². The zero-order valence-corrected chi connectivity index (χ0v) is 17.4. The number of likely N-dealkylation sites (tertiary alicyclic amines) is 1. The van der Waals surface area contributed by atoms with Crippen LogP contribution >= 0.6 is 11.3 Å². The van der Waals surface area contributed by atoms with Crippen molar-refractivity contribution in [2.45, 2.75) is 24.0 Å². The fourth-order valence-electron chi connectivity index (χ4n) is 4.29. The number of carbonyl (C=O) groups excluding carboxylic acids is 1. The van der Waals surface area contributed by atoms with E-state index in [1.54, 1.807) is 6.07 Å². The van der Waals surface area contributed by atoms with E-state index in [4.69, 9.17) is 4.74 Å². The number of carbonyl (C=O) groups is 1. The third-order valence-electron chi connectivity index (χ3n) is 6.02. The molecule has 3 aliphatic heterocycles. The van der Waals surface area contributed by atoms with Crippen LogP contribution in [0.3, 0.4) is 0 Å². The molecule has 150 valence electrons. The Morgan fingerprint density at radius 1 is 1.11 bits per heavy atom. The molecule has 3 fully saturated rings. The number of ether oxygens (including phenoxy) is 1. The van der Waals surface area contributed by atoms with Gasteiger partial charge < -0.3 is 9.64 Å². The van der Waals surface area contributed by atoms with Crippen molar-refractivity contribution in [3.05, 3.63) is 17.0 Å². The van der Waals surface area contributed by atoms with Crippen molar-refractivity contribution in [3.8, 4) is 0 Å². The summed E-state index contributed by atoms with van der Waals surface area (Å²) in [6.07, 6.45) is 1.38. The van der Waals surface area contributed by atoms with Crippen molar-refractivity contribution < 1.29 is 17.9 Å². The first kappa shape index (κ1) is 19.3. The molecule has 1 spiro atoms. The predicted molar refractivity (Wildman–Crippen MR) is 103 cm³/mol. The molecule has 0 radical (unpaired) electrons.